The van der Waals surface area contributed by atoms with Crippen molar-refractivity contribution in [2.45, 2.75) is 63.3 Å². The number of hydrogen-bond acceptors (Lipinski definition) is 4. The molecule has 154 valence electrons. The van der Waals surface area contributed by atoms with Crippen molar-refractivity contribution in [1.29, 1.82) is 0 Å². The summed E-state index contributed by atoms with van der Waals surface area (Å²) in [6.07, 6.45) is 5.63. The summed E-state index contributed by atoms with van der Waals surface area (Å²) in [7, 11) is -3.65. The van der Waals surface area contributed by atoms with Crippen LogP contribution in [0.2, 0.25) is 0 Å². The van der Waals surface area contributed by atoms with Crippen molar-refractivity contribution in [3.05, 3.63) is 29.8 Å². The number of nitrogens with one attached hydrogen (secondary N) is 1. The Bertz CT molecular complexity index is 829. The van der Waals surface area contributed by atoms with Gasteiger partial charge in [-0.2, -0.15) is 4.31 Å². The van der Waals surface area contributed by atoms with E-state index in [1.165, 1.54) is 29.8 Å². The van der Waals surface area contributed by atoms with E-state index in [-0.39, 0.29) is 28.5 Å². The van der Waals surface area contributed by atoms with E-state index in [0.717, 1.165) is 19.3 Å². The van der Waals surface area contributed by atoms with Crippen LogP contribution in [0.4, 0.5) is 0 Å². The van der Waals surface area contributed by atoms with E-state index in [1.54, 1.807) is 12.1 Å². The number of carbonyl (C=O) groups is 2. The maximum Gasteiger partial charge on any atom is 0.243 e. The second kappa shape index (κ2) is 8.74. The lowest BCUT2D eigenvalue weighted by atomic mass is 9.85. The highest BCUT2D eigenvalue weighted by Crippen LogP contribution is 2.27. The van der Waals surface area contributed by atoms with Crippen LogP contribution >= 0.6 is 0 Å². The Balaban J connectivity index is 1.60. The SMILES string of the molecule is CC(=O)c1cccc(S(=O)(=O)N2CCC(C(=O)N[C@H]3CCCC[C@@H]3C)CC2)c1. The summed E-state index contributed by atoms with van der Waals surface area (Å²) in [5.74, 6) is 0.273. The molecule has 6 nitrogen and oxygen atoms in total. The van der Waals surface area contributed by atoms with Gasteiger partial charge in [-0.15, -0.1) is 0 Å². The Morgan fingerprint density at radius 2 is 1.75 bits per heavy atom. The molecule has 0 radical (unpaired) electrons. The van der Waals surface area contributed by atoms with Gasteiger partial charge in [-0.1, -0.05) is 31.9 Å². The van der Waals surface area contributed by atoms with Crippen molar-refractivity contribution in [3.8, 4) is 0 Å². The number of carbonyl (C=O) groups excluding carboxylic acids is 2. The van der Waals surface area contributed by atoms with E-state index in [1.807, 2.05) is 0 Å². The molecule has 1 amide bonds. The van der Waals surface area contributed by atoms with Gasteiger partial charge in [-0.3, -0.25) is 9.59 Å². The average molecular weight is 407 g/mol. The molecule has 2 atom stereocenters. The summed E-state index contributed by atoms with van der Waals surface area (Å²) in [4.78, 5) is 24.3. The molecule has 1 aliphatic carbocycles. The fourth-order valence-electron chi connectivity index (χ4n) is 4.21. The predicted molar refractivity (Wildman–Crippen MR) is 107 cm³/mol. The van der Waals surface area contributed by atoms with Crippen LogP contribution in [0.1, 0.15) is 62.7 Å². The van der Waals surface area contributed by atoms with Crippen molar-refractivity contribution in [1.82, 2.24) is 9.62 Å². The number of nitrogens with zero attached hydrogens (tertiary/aromatic N) is 1. The summed E-state index contributed by atoms with van der Waals surface area (Å²) < 4.78 is 27.3. The van der Waals surface area contributed by atoms with Gasteiger partial charge in [-0.05, 0) is 50.7 Å². The van der Waals surface area contributed by atoms with Crippen LogP contribution in [0.25, 0.3) is 0 Å². The smallest absolute Gasteiger partial charge is 0.243 e. The summed E-state index contributed by atoms with van der Waals surface area (Å²) >= 11 is 0. The average Bonchev–Trinajstić information content (AvgIpc) is 2.70. The topological polar surface area (TPSA) is 83.6 Å². The fraction of sp³-hybridized carbons (Fsp3) is 0.619. The molecule has 1 saturated carbocycles. The second-order valence-corrected chi connectivity index (χ2v) is 10.1. The van der Waals surface area contributed by atoms with E-state index in [4.69, 9.17) is 0 Å². The van der Waals surface area contributed by atoms with E-state index >= 15 is 0 Å². The molecule has 28 heavy (non-hydrogen) atoms. The molecular formula is C21H30N2O4S. The van der Waals surface area contributed by atoms with Crippen LogP contribution in [0.15, 0.2) is 29.2 Å². The fourth-order valence-corrected chi connectivity index (χ4v) is 5.73. The largest absolute Gasteiger partial charge is 0.353 e. The third-order valence-electron chi connectivity index (χ3n) is 6.14. The van der Waals surface area contributed by atoms with Gasteiger partial charge < -0.3 is 5.32 Å². The van der Waals surface area contributed by atoms with Gasteiger partial charge in [0.05, 0.1) is 4.90 Å². The van der Waals surface area contributed by atoms with Crippen LogP contribution < -0.4 is 5.32 Å². The monoisotopic (exact) mass is 406 g/mol. The van der Waals surface area contributed by atoms with Crippen molar-refractivity contribution in [2.75, 3.05) is 13.1 Å². The Hall–Kier alpha value is -1.73. The minimum atomic E-state index is -3.65. The van der Waals surface area contributed by atoms with Gasteiger partial charge in [0.1, 0.15) is 0 Å². The lowest BCUT2D eigenvalue weighted by molar-refractivity contribution is -0.127. The van der Waals surface area contributed by atoms with Crippen LogP contribution in [-0.4, -0.2) is 43.5 Å². The number of piperidine rings is 1. The zero-order valence-electron chi connectivity index (χ0n) is 16.7. The first-order valence-corrected chi connectivity index (χ1v) is 11.6. The van der Waals surface area contributed by atoms with Crippen LogP contribution in [0, 0.1) is 11.8 Å². The maximum atomic E-state index is 12.9. The molecule has 1 aliphatic heterocycles. The van der Waals surface area contributed by atoms with Crippen LogP contribution in [0.5, 0.6) is 0 Å². The number of sulfonamides is 1. The first kappa shape index (κ1) is 21.0. The lowest BCUT2D eigenvalue weighted by Crippen LogP contribution is -2.47. The molecule has 1 N–H and O–H groups in total. The molecule has 1 aromatic rings. The maximum absolute atomic E-state index is 12.9. The van der Waals surface area contributed by atoms with Crippen molar-refractivity contribution < 1.29 is 18.0 Å². The van der Waals surface area contributed by atoms with E-state index < -0.39 is 10.0 Å². The van der Waals surface area contributed by atoms with Gasteiger partial charge in [0.15, 0.2) is 5.78 Å². The molecular weight excluding hydrogens is 376 g/mol. The van der Waals surface area contributed by atoms with Crippen LogP contribution in [-0.2, 0) is 14.8 Å². The zero-order valence-corrected chi connectivity index (χ0v) is 17.5. The minimum Gasteiger partial charge on any atom is -0.353 e. The highest BCUT2D eigenvalue weighted by atomic mass is 32.2. The van der Waals surface area contributed by atoms with E-state index in [2.05, 4.69) is 12.2 Å². The summed E-state index contributed by atoms with van der Waals surface area (Å²) in [5.41, 5.74) is 0.386. The van der Waals surface area contributed by atoms with Gasteiger partial charge in [0.2, 0.25) is 15.9 Å². The van der Waals surface area contributed by atoms with Gasteiger partial charge in [0.25, 0.3) is 0 Å². The molecule has 1 aromatic carbocycles. The number of ketones is 1. The van der Waals surface area contributed by atoms with Gasteiger partial charge in [0, 0.05) is 30.6 Å². The highest BCUT2D eigenvalue weighted by molar-refractivity contribution is 7.89. The summed E-state index contributed by atoms with van der Waals surface area (Å²) in [6, 6.07) is 6.41. The molecule has 3 rings (SSSR count). The second-order valence-electron chi connectivity index (χ2n) is 8.14. The highest BCUT2D eigenvalue weighted by Gasteiger charge is 2.33. The molecule has 0 aromatic heterocycles. The van der Waals surface area contributed by atoms with E-state index in [9.17, 15) is 18.0 Å². The number of Topliss-reactive ketones (excluding diaryl/α,β-unsaturated/α-hetero) is 1. The predicted octanol–water partition coefficient (Wildman–Crippen LogP) is 2.98. The molecule has 0 spiro atoms. The number of benzene rings is 1. The van der Waals surface area contributed by atoms with Crippen LogP contribution in [0.3, 0.4) is 0 Å². The van der Waals surface area contributed by atoms with Gasteiger partial charge in [-0.25, -0.2) is 8.42 Å². The lowest BCUT2D eigenvalue weighted by Gasteiger charge is -2.34. The third-order valence-corrected chi connectivity index (χ3v) is 8.04. The quantitative estimate of drug-likeness (QED) is 0.762. The number of amides is 1. The standard InChI is InChI=1S/C21H30N2O4S/c1-15-6-3-4-9-20(15)22-21(25)17-10-12-23(13-11-17)28(26,27)19-8-5-7-18(14-19)16(2)24/h5,7-8,14-15,17,20H,3-4,6,9-13H2,1-2H3,(H,22,25)/t15-,20-/m0/s1. The molecule has 1 saturated heterocycles. The van der Waals surface area contributed by atoms with E-state index in [0.29, 0.717) is 37.4 Å². The normalized spacial score (nSPS) is 24.6. The molecule has 2 fully saturated rings. The number of hydrogen-bond donors (Lipinski definition) is 1. The first-order chi connectivity index (χ1) is 13.3. The third kappa shape index (κ3) is 4.63. The minimum absolute atomic E-state index is 0.0642. The summed E-state index contributed by atoms with van der Waals surface area (Å²) in [6.45, 7) is 4.26. The van der Waals surface area contributed by atoms with Crippen molar-refractivity contribution >= 4 is 21.7 Å². The molecule has 1 heterocycles. The molecule has 0 unspecified atom stereocenters. The van der Waals surface area contributed by atoms with Crippen molar-refractivity contribution in [3.63, 3.8) is 0 Å². The zero-order chi connectivity index (χ0) is 20.3. The van der Waals surface area contributed by atoms with Crippen molar-refractivity contribution in [2.24, 2.45) is 11.8 Å². The number of rotatable bonds is 5. The summed E-state index contributed by atoms with van der Waals surface area (Å²) in [5, 5.41) is 3.20. The van der Waals surface area contributed by atoms with Gasteiger partial charge >= 0.3 is 0 Å². The Labute approximate surface area is 167 Å². The molecule has 0 bridgehead atoms. The molecule has 2 aliphatic rings. The Morgan fingerprint density at radius 3 is 2.39 bits per heavy atom. The Morgan fingerprint density at radius 1 is 1.07 bits per heavy atom. The Kier molecular flexibility index (Phi) is 6.55. The molecule has 7 heteroatoms. The first-order valence-electron chi connectivity index (χ1n) is 10.2.